The summed E-state index contributed by atoms with van der Waals surface area (Å²) in [5, 5.41) is 9.26. The van der Waals surface area contributed by atoms with Crippen LogP contribution in [-0.4, -0.2) is 66.6 Å². The van der Waals surface area contributed by atoms with E-state index in [-0.39, 0.29) is 24.2 Å². The second-order valence-corrected chi connectivity index (χ2v) is 12.0. The maximum atomic E-state index is 13.9. The molecule has 240 valence electrons. The van der Waals surface area contributed by atoms with E-state index in [0.29, 0.717) is 23.6 Å². The van der Waals surface area contributed by atoms with Gasteiger partial charge in [-0.3, -0.25) is 14.7 Å². The number of carbonyl (C=O) groups excluding carboxylic acids is 2. The molecule has 0 radical (unpaired) electrons. The number of urea groups is 1. The van der Waals surface area contributed by atoms with Crippen molar-refractivity contribution in [1.29, 1.82) is 0 Å². The lowest BCUT2D eigenvalue weighted by atomic mass is 9.89. The molecule has 0 unspecified atom stereocenters. The molecule has 3 aromatic rings. The minimum Gasteiger partial charge on any atom is -0.367 e. The first kappa shape index (κ1) is 32.4. The lowest BCUT2D eigenvalue weighted by Gasteiger charge is -2.40. The standard InChI is InChI=1S/C35H41FN8O2/c1-24-23-43(19-18-42(24)4)32-16-15-30(20-31(32)41-34(45)25(2)36)44(35(46)39-21-26-8-6-5-7-9-26)29-13-10-27(11-14-29)40-33-17-12-28(37-3)22-38-33/h5-9,12,15-17,20,22,24,27,29H,2,10-11,13-14,18-19,21,23H2,1,4H3,(H,38,40)(H,39,46)(H,41,45)/t24-,27?,29?/m0/s1. The molecule has 46 heavy (non-hydrogen) atoms. The van der Waals surface area contributed by atoms with Crippen molar-refractivity contribution in [2.24, 2.45) is 0 Å². The molecule has 2 heterocycles. The molecule has 2 aliphatic rings. The fourth-order valence-electron chi connectivity index (χ4n) is 6.08. The van der Waals surface area contributed by atoms with Crippen LogP contribution in [0.3, 0.4) is 0 Å². The molecule has 10 nitrogen and oxygen atoms in total. The SMILES string of the molecule is [C-]#[N+]c1ccc(NC2CCC(N(C(=O)NCc3ccccc3)c3ccc(N4CCN(C)[C@@H](C)C4)c(NC(=O)C(=C)F)c3)CC2)nc1. The average molecular weight is 625 g/mol. The Balaban J connectivity index is 1.40. The van der Waals surface area contributed by atoms with E-state index in [2.05, 4.69) is 56.1 Å². The highest BCUT2D eigenvalue weighted by Crippen LogP contribution is 2.36. The van der Waals surface area contributed by atoms with Crippen molar-refractivity contribution in [2.75, 3.05) is 47.1 Å². The van der Waals surface area contributed by atoms with Crippen LogP contribution in [0, 0.1) is 6.57 Å². The number of likely N-dealkylation sites (N-methyl/N-ethyl adjacent to an activating group) is 1. The van der Waals surface area contributed by atoms with E-state index in [0.717, 1.165) is 62.4 Å². The maximum Gasteiger partial charge on any atom is 0.322 e. The maximum absolute atomic E-state index is 13.9. The third-order valence-electron chi connectivity index (χ3n) is 8.85. The lowest BCUT2D eigenvalue weighted by Crippen LogP contribution is -2.50. The Morgan fingerprint density at radius 2 is 1.85 bits per heavy atom. The summed E-state index contributed by atoms with van der Waals surface area (Å²) in [5.74, 6) is -1.27. The number of pyridine rings is 1. The van der Waals surface area contributed by atoms with Gasteiger partial charge in [0.25, 0.3) is 5.91 Å². The second-order valence-electron chi connectivity index (χ2n) is 12.0. The molecule has 1 atom stereocenters. The van der Waals surface area contributed by atoms with Crippen LogP contribution in [-0.2, 0) is 11.3 Å². The van der Waals surface area contributed by atoms with Crippen LogP contribution in [0.4, 0.5) is 37.8 Å². The van der Waals surface area contributed by atoms with Crippen molar-refractivity contribution in [2.45, 2.75) is 57.3 Å². The summed E-state index contributed by atoms with van der Waals surface area (Å²) in [4.78, 5) is 40.5. The number of halogens is 1. The van der Waals surface area contributed by atoms with Crippen LogP contribution in [0.2, 0.25) is 0 Å². The predicted molar refractivity (Wildman–Crippen MR) is 181 cm³/mol. The molecule has 5 rings (SSSR count). The van der Waals surface area contributed by atoms with Gasteiger partial charge in [-0.15, -0.1) is 0 Å². The van der Waals surface area contributed by atoms with Crippen molar-refractivity contribution >= 4 is 40.5 Å². The van der Waals surface area contributed by atoms with Crippen LogP contribution in [0.15, 0.2) is 79.3 Å². The number of rotatable bonds is 9. The number of amides is 3. The van der Waals surface area contributed by atoms with Gasteiger partial charge < -0.3 is 25.8 Å². The predicted octanol–water partition coefficient (Wildman–Crippen LogP) is 6.33. The zero-order chi connectivity index (χ0) is 32.6. The number of piperazine rings is 1. The Morgan fingerprint density at radius 1 is 1.09 bits per heavy atom. The number of aromatic nitrogens is 1. The van der Waals surface area contributed by atoms with E-state index < -0.39 is 11.7 Å². The monoisotopic (exact) mass is 624 g/mol. The van der Waals surface area contributed by atoms with Crippen molar-refractivity contribution < 1.29 is 14.0 Å². The van der Waals surface area contributed by atoms with E-state index in [1.165, 1.54) is 0 Å². The number of nitrogens with zero attached hydrogens (tertiary/aromatic N) is 5. The van der Waals surface area contributed by atoms with Crippen molar-refractivity contribution in [3.05, 3.63) is 96.2 Å². The highest BCUT2D eigenvalue weighted by atomic mass is 19.1. The fourth-order valence-corrected chi connectivity index (χ4v) is 6.08. The molecule has 0 spiro atoms. The van der Waals surface area contributed by atoms with Crippen LogP contribution in [0.1, 0.15) is 38.2 Å². The topological polar surface area (TPSA) is 97.2 Å². The minimum absolute atomic E-state index is 0.111. The molecule has 2 fully saturated rings. The molecule has 1 saturated carbocycles. The van der Waals surface area contributed by atoms with Crippen molar-refractivity contribution in [3.63, 3.8) is 0 Å². The van der Waals surface area contributed by atoms with Gasteiger partial charge in [0.05, 0.1) is 17.9 Å². The average Bonchev–Trinajstić information content (AvgIpc) is 3.07. The molecule has 3 amide bonds. The number of benzene rings is 2. The molecule has 0 bridgehead atoms. The zero-order valence-electron chi connectivity index (χ0n) is 26.4. The van der Waals surface area contributed by atoms with Crippen molar-refractivity contribution in [1.82, 2.24) is 15.2 Å². The van der Waals surface area contributed by atoms with Gasteiger partial charge in [0.1, 0.15) is 5.82 Å². The Kier molecular flexibility index (Phi) is 10.5. The summed E-state index contributed by atoms with van der Waals surface area (Å²) in [6, 6.07) is 19.0. The number of nitrogens with one attached hydrogen (secondary N) is 3. The second kappa shape index (κ2) is 14.9. The lowest BCUT2D eigenvalue weighted by molar-refractivity contribution is -0.114. The molecule has 1 aliphatic carbocycles. The van der Waals surface area contributed by atoms with Crippen LogP contribution >= 0.6 is 0 Å². The van der Waals surface area contributed by atoms with E-state index in [1.807, 2.05) is 48.5 Å². The minimum atomic E-state index is -1.08. The largest absolute Gasteiger partial charge is 0.367 e. The quantitative estimate of drug-likeness (QED) is 0.190. The van der Waals surface area contributed by atoms with Crippen LogP contribution < -0.4 is 25.8 Å². The van der Waals surface area contributed by atoms with E-state index in [1.54, 1.807) is 23.2 Å². The zero-order valence-corrected chi connectivity index (χ0v) is 26.4. The fraction of sp³-hybridized carbons (Fsp3) is 0.371. The Hall–Kier alpha value is -4.95. The van der Waals surface area contributed by atoms with E-state index in [4.69, 9.17) is 6.57 Å². The summed E-state index contributed by atoms with van der Waals surface area (Å²) >= 11 is 0. The van der Waals surface area contributed by atoms with Gasteiger partial charge in [-0.05, 0) is 69.5 Å². The van der Waals surface area contributed by atoms with Gasteiger partial charge in [-0.25, -0.2) is 14.0 Å². The Labute approximate surface area is 270 Å². The smallest absolute Gasteiger partial charge is 0.322 e. The third-order valence-corrected chi connectivity index (χ3v) is 8.85. The summed E-state index contributed by atoms with van der Waals surface area (Å²) in [6.07, 6.45) is 4.64. The third kappa shape index (κ3) is 8.00. The Bertz CT molecular complexity index is 1570. The molecule has 2 aromatic carbocycles. The summed E-state index contributed by atoms with van der Waals surface area (Å²) in [6.45, 7) is 15.1. The molecular weight excluding hydrogens is 583 g/mol. The number of anilines is 4. The first-order valence-corrected chi connectivity index (χ1v) is 15.7. The highest BCUT2D eigenvalue weighted by molar-refractivity contribution is 6.04. The number of hydrogen-bond donors (Lipinski definition) is 3. The first-order chi connectivity index (χ1) is 22.2. The summed E-state index contributed by atoms with van der Waals surface area (Å²) in [7, 11) is 2.08. The van der Waals surface area contributed by atoms with Gasteiger partial charge in [-0.2, -0.15) is 0 Å². The van der Waals surface area contributed by atoms with E-state index in [9.17, 15) is 14.0 Å². The van der Waals surface area contributed by atoms with Crippen molar-refractivity contribution in [3.8, 4) is 0 Å². The normalized spacial score (nSPS) is 19.9. The number of hydrogen-bond acceptors (Lipinski definition) is 6. The summed E-state index contributed by atoms with van der Waals surface area (Å²) < 4.78 is 13.9. The van der Waals surface area contributed by atoms with Gasteiger partial charge in [-0.1, -0.05) is 43.0 Å². The number of carbonyl (C=O) groups is 2. The first-order valence-electron chi connectivity index (χ1n) is 15.7. The van der Waals surface area contributed by atoms with Gasteiger partial charge in [0.2, 0.25) is 5.69 Å². The van der Waals surface area contributed by atoms with Crippen LogP contribution in [0.5, 0.6) is 0 Å². The molecule has 1 aliphatic heterocycles. The van der Waals surface area contributed by atoms with Gasteiger partial charge >= 0.3 is 6.03 Å². The molecule has 1 saturated heterocycles. The van der Waals surface area contributed by atoms with Crippen LogP contribution in [0.25, 0.3) is 4.85 Å². The Morgan fingerprint density at radius 3 is 2.50 bits per heavy atom. The molecule has 11 heteroatoms. The van der Waals surface area contributed by atoms with E-state index >= 15 is 0 Å². The highest BCUT2D eigenvalue weighted by Gasteiger charge is 2.32. The van der Waals surface area contributed by atoms with Gasteiger partial charge in [0.15, 0.2) is 5.83 Å². The summed E-state index contributed by atoms with van der Waals surface area (Å²) in [5.41, 5.74) is 3.29. The van der Waals surface area contributed by atoms with Gasteiger partial charge in [0, 0.05) is 56.2 Å². The molecular formula is C35H41FN8O2. The molecule has 1 aromatic heterocycles. The molecule has 3 N–H and O–H groups in total.